The van der Waals surface area contributed by atoms with E-state index in [1.54, 1.807) is 9.80 Å². The number of hydrogen-bond donors (Lipinski definition) is 1. The molecule has 2 atom stereocenters. The van der Waals surface area contributed by atoms with E-state index in [1.807, 2.05) is 0 Å². The lowest BCUT2D eigenvalue weighted by molar-refractivity contribution is -0.133. The molecule has 0 radical (unpaired) electrons. The summed E-state index contributed by atoms with van der Waals surface area (Å²) in [5.41, 5.74) is 5.94. The van der Waals surface area contributed by atoms with Crippen molar-refractivity contribution in [3.63, 3.8) is 0 Å². The van der Waals surface area contributed by atoms with Gasteiger partial charge < -0.3 is 15.5 Å². The lowest BCUT2D eigenvalue weighted by Gasteiger charge is -2.35. The molecule has 2 amide bonds. The van der Waals surface area contributed by atoms with Crippen molar-refractivity contribution in [1.29, 1.82) is 0 Å². The number of nitrogens with two attached hydrogens (primary N) is 1. The molecular weight excluding hydrogens is 380 g/mol. The van der Waals surface area contributed by atoms with E-state index >= 15 is 0 Å². The van der Waals surface area contributed by atoms with Crippen LogP contribution in [0, 0.1) is 11.7 Å². The number of piperazine rings is 1. The summed E-state index contributed by atoms with van der Waals surface area (Å²) in [4.78, 5) is 28.3. The molecule has 2 fully saturated rings. The quantitative estimate of drug-likeness (QED) is 0.843. The molecule has 26 heavy (non-hydrogen) atoms. The van der Waals surface area contributed by atoms with Gasteiger partial charge in [-0.25, -0.2) is 4.39 Å². The molecule has 1 aliphatic carbocycles. The van der Waals surface area contributed by atoms with Crippen molar-refractivity contribution < 1.29 is 14.0 Å². The number of carbonyl (C=O) groups is 2. The summed E-state index contributed by atoms with van der Waals surface area (Å²) in [5, 5.41) is 0.110. The van der Waals surface area contributed by atoms with Crippen LogP contribution in [-0.2, 0) is 4.79 Å². The highest BCUT2D eigenvalue weighted by molar-refractivity contribution is 6.33. The van der Waals surface area contributed by atoms with Gasteiger partial charge in [-0.05, 0) is 30.9 Å². The Morgan fingerprint density at radius 1 is 1.15 bits per heavy atom. The van der Waals surface area contributed by atoms with Gasteiger partial charge in [0, 0.05) is 38.6 Å². The van der Waals surface area contributed by atoms with E-state index in [0.29, 0.717) is 32.6 Å². The second-order valence-corrected chi connectivity index (χ2v) is 7.24. The van der Waals surface area contributed by atoms with Crippen molar-refractivity contribution in [2.75, 3.05) is 26.2 Å². The minimum absolute atomic E-state index is 0. The van der Waals surface area contributed by atoms with E-state index in [9.17, 15) is 14.0 Å². The van der Waals surface area contributed by atoms with Gasteiger partial charge in [-0.1, -0.05) is 24.1 Å². The first kappa shape index (κ1) is 20.9. The molecule has 1 aromatic rings. The smallest absolute Gasteiger partial charge is 0.258 e. The molecule has 2 aliphatic rings. The topological polar surface area (TPSA) is 66.6 Å². The highest BCUT2D eigenvalue weighted by Crippen LogP contribution is 2.28. The van der Waals surface area contributed by atoms with Crippen LogP contribution in [0.3, 0.4) is 0 Å². The molecule has 0 bridgehead atoms. The molecule has 1 saturated heterocycles. The highest BCUT2D eigenvalue weighted by Gasteiger charge is 2.31. The van der Waals surface area contributed by atoms with Gasteiger partial charge in [-0.2, -0.15) is 0 Å². The van der Waals surface area contributed by atoms with E-state index in [0.717, 1.165) is 19.3 Å². The number of carbonyl (C=O) groups excluding carboxylic acids is 2. The van der Waals surface area contributed by atoms with Crippen molar-refractivity contribution in [2.45, 2.75) is 31.7 Å². The Labute approximate surface area is 164 Å². The van der Waals surface area contributed by atoms with Crippen LogP contribution in [0.5, 0.6) is 0 Å². The van der Waals surface area contributed by atoms with Crippen LogP contribution in [0.25, 0.3) is 0 Å². The molecule has 0 aromatic heterocycles. The molecule has 1 aliphatic heterocycles. The van der Waals surface area contributed by atoms with Crippen molar-refractivity contribution in [1.82, 2.24) is 9.80 Å². The van der Waals surface area contributed by atoms with Gasteiger partial charge in [-0.3, -0.25) is 9.59 Å². The second-order valence-electron chi connectivity index (χ2n) is 6.83. The first-order chi connectivity index (χ1) is 12.0. The number of rotatable bonds is 3. The summed E-state index contributed by atoms with van der Waals surface area (Å²) in [6.07, 6.45) is 3.57. The van der Waals surface area contributed by atoms with Crippen LogP contribution in [0.1, 0.15) is 36.0 Å². The van der Waals surface area contributed by atoms with E-state index in [-0.39, 0.29) is 40.9 Å². The zero-order valence-corrected chi connectivity index (χ0v) is 16.1. The fraction of sp³-hybridized carbons (Fsp3) is 0.556. The average Bonchev–Trinajstić information content (AvgIpc) is 2.99. The average molecular weight is 404 g/mol. The summed E-state index contributed by atoms with van der Waals surface area (Å²) in [6.45, 7) is 1.68. The molecule has 2 N–H and O–H groups in total. The first-order valence-corrected chi connectivity index (χ1v) is 9.12. The highest BCUT2D eigenvalue weighted by atomic mass is 35.5. The third-order valence-corrected chi connectivity index (χ3v) is 5.57. The summed E-state index contributed by atoms with van der Waals surface area (Å²) in [5.74, 6) is -0.679. The summed E-state index contributed by atoms with van der Waals surface area (Å²) in [6, 6.07) is 4.32. The summed E-state index contributed by atoms with van der Waals surface area (Å²) < 4.78 is 13.9. The SMILES string of the molecule is Cl.N[C@@H]1CCC[C@H]1CC(=O)N1CCN(C(=O)c2c(F)cccc2Cl)CC1. The Bertz CT molecular complexity index is 646. The van der Waals surface area contributed by atoms with Gasteiger partial charge in [0.1, 0.15) is 5.82 Å². The maximum absolute atomic E-state index is 13.9. The van der Waals surface area contributed by atoms with E-state index in [4.69, 9.17) is 17.3 Å². The Hall–Kier alpha value is -1.37. The minimum atomic E-state index is -0.619. The zero-order chi connectivity index (χ0) is 18.0. The van der Waals surface area contributed by atoms with Crippen LogP contribution in [-0.4, -0.2) is 53.8 Å². The van der Waals surface area contributed by atoms with E-state index in [1.165, 1.54) is 18.2 Å². The summed E-state index contributed by atoms with van der Waals surface area (Å²) in [7, 11) is 0. The molecule has 0 unspecified atom stereocenters. The van der Waals surface area contributed by atoms with Gasteiger partial charge >= 0.3 is 0 Å². The van der Waals surface area contributed by atoms with Crippen LogP contribution in [0.4, 0.5) is 4.39 Å². The number of halogens is 3. The van der Waals surface area contributed by atoms with Gasteiger partial charge in [0.2, 0.25) is 5.91 Å². The molecule has 144 valence electrons. The Balaban J connectivity index is 0.00000243. The van der Waals surface area contributed by atoms with Crippen LogP contribution >= 0.6 is 24.0 Å². The summed E-state index contributed by atoms with van der Waals surface area (Å²) >= 11 is 5.97. The maximum atomic E-state index is 13.9. The predicted molar refractivity (Wildman–Crippen MR) is 101 cm³/mol. The van der Waals surface area contributed by atoms with Gasteiger partial charge in [-0.15, -0.1) is 12.4 Å². The van der Waals surface area contributed by atoms with Crippen molar-refractivity contribution in [3.8, 4) is 0 Å². The molecule has 1 aromatic carbocycles. The van der Waals surface area contributed by atoms with Crippen LogP contribution in [0.2, 0.25) is 5.02 Å². The number of nitrogens with zero attached hydrogens (tertiary/aromatic N) is 2. The number of amides is 2. The molecule has 3 rings (SSSR count). The van der Waals surface area contributed by atoms with Crippen LogP contribution in [0.15, 0.2) is 18.2 Å². The Morgan fingerprint density at radius 3 is 2.38 bits per heavy atom. The van der Waals surface area contributed by atoms with Gasteiger partial charge in [0.25, 0.3) is 5.91 Å². The standard InChI is InChI=1S/C18H23ClFN3O2.ClH/c19-13-4-2-5-14(20)17(13)18(25)23-9-7-22(8-10-23)16(24)11-12-3-1-6-15(12)21;/h2,4-5,12,15H,1,3,6-11,21H2;1H/t12-,15+;/m0./s1. The largest absolute Gasteiger partial charge is 0.339 e. The number of hydrogen-bond acceptors (Lipinski definition) is 3. The van der Waals surface area contributed by atoms with Crippen molar-refractivity contribution in [3.05, 3.63) is 34.6 Å². The Morgan fingerprint density at radius 2 is 1.81 bits per heavy atom. The first-order valence-electron chi connectivity index (χ1n) is 8.74. The molecule has 1 heterocycles. The Kier molecular flexibility index (Phi) is 7.26. The molecule has 1 saturated carbocycles. The minimum Gasteiger partial charge on any atom is -0.339 e. The normalized spacial score (nSPS) is 22.9. The van der Waals surface area contributed by atoms with Crippen LogP contribution < -0.4 is 5.73 Å². The lowest BCUT2D eigenvalue weighted by atomic mass is 9.99. The molecule has 5 nitrogen and oxygen atoms in total. The second kappa shape index (κ2) is 9.02. The molecule has 0 spiro atoms. The number of benzene rings is 1. The molecule has 8 heteroatoms. The molecular formula is C18H24Cl2FN3O2. The zero-order valence-electron chi connectivity index (χ0n) is 14.5. The maximum Gasteiger partial charge on any atom is 0.258 e. The third-order valence-electron chi connectivity index (χ3n) is 5.25. The lowest BCUT2D eigenvalue weighted by Crippen LogP contribution is -2.51. The van der Waals surface area contributed by atoms with Crippen molar-refractivity contribution in [2.24, 2.45) is 11.7 Å². The fourth-order valence-corrected chi connectivity index (χ4v) is 3.94. The fourth-order valence-electron chi connectivity index (χ4n) is 3.69. The van der Waals surface area contributed by atoms with E-state index < -0.39 is 11.7 Å². The van der Waals surface area contributed by atoms with Gasteiger partial charge in [0.05, 0.1) is 10.6 Å². The predicted octanol–water partition coefficient (Wildman–Crippen LogP) is 2.70. The van der Waals surface area contributed by atoms with Gasteiger partial charge in [0.15, 0.2) is 0 Å². The van der Waals surface area contributed by atoms with E-state index in [2.05, 4.69) is 0 Å². The monoisotopic (exact) mass is 403 g/mol. The van der Waals surface area contributed by atoms with Crippen molar-refractivity contribution >= 4 is 35.8 Å². The third kappa shape index (κ3) is 4.48.